The minimum atomic E-state index is -1.59. The molecule has 0 aliphatic carbocycles. The van der Waals surface area contributed by atoms with Crippen LogP contribution in [0, 0.1) is 5.92 Å². The van der Waals surface area contributed by atoms with Gasteiger partial charge in [-0.2, -0.15) is 0 Å². The van der Waals surface area contributed by atoms with Gasteiger partial charge in [-0.05, 0) is 6.42 Å². The van der Waals surface area contributed by atoms with Gasteiger partial charge in [-0.1, -0.05) is 6.92 Å². The largest absolute Gasteiger partial charge is 1.00 e. The van der Waals surface area contributed by atoms with Gasteiger partial charge in [-0.15, -0.1) is 0 Å². The van der Waals surface area contributed by atoms with Crippen LogP contribution in [-0.2, 0) is 9.59 Å². The molecule has 0 N–H and O–H groups in total. The highest BCUT2D eigenvalue weighted by atomic mass is 35.5. The number of rotatable bonds is 3. The molecule has 0 aromatic heterocycles. The summed E-state index contributed by atoms with van der Waals surface area (Å²) in [5.41, 5.74) is 0. The highest BCUT2D eigenvalue weighted by Gasteiger charge is 2.06. The molecule has 0 atom stereocenters. The van der Waals surface area contributed by atoms with Crippen molar-refractivity contribution >= 4 is 11.9 Å². The first-order chi connectivity index (χ1) is 4.09. The van der Waals surface area contributed by atoms with E-state index in [1.54, 1.807) is 0 Å². The van der Waals surface area contributed by atoms with Crippen molar-refractivity contribution in [3.05, 3.63) is 0 Å². The van der Waals surface area contributed by atoms with Crippen LogP contribution in [-0.4, -0.2) is 11.9 Å². The molecule has 0 unspecified atom stereocenters. The van der Waals surface area contributed by atoms with Crippen LogP contribution >= 0.6 is 0 Å². The fourth-order valence-corrected chi connectivity index (χ4v) is 0.430. The summed E-state index contributed by atoms with van der Waals surface area (Å²) in [6.45, 7) is 1.44. The first-order valence-corrected chi connectivity index (χ1v) is 2.51. The van der Waals surface area contributed by atoms with Crippen molar-refractivity contribution in [2.45, 2.75) is 13.3 Å². The summed E-state index contributed by atoms with van der Waals surface area (Å²) >= 11 is 0. The molecule has 0 spiro atoms. The first-order valence-electron chi connectivity index (χ1n) is 2.51. The van der Waals surface area contributed by atoms with Gasteiger partial charge in [0.2, 0.25) is 0 Å². The molecule has 0 radical (unpaired) electrons. The lowest BCUT2D eigenvalue weighted by molar-refractivity contribution is -0.331. The Hall–Kier alpha value is -0.770. The van der Waals surface area contributed by atoms with E-state index in [9.17, 15) is 19.8 Å². The van der Waals surface area contributed by atoms with Crippen molar-refractivity contribution in [2.24, 2.45) is 5.92 Å². The van der Waals surface area contributed by atoms with Gasteiger partial charge >= 0.3 is 0 Å². The second kappa shape index (κ2) is 5.05. The van der Waals surface area contributed by atoms with Gasteiger partial charge in [-0.3, -0.25) is 0 Å². The minimum absolute atomic E-state index is 0. The van der Waals surface area contributed by atoms with Crippen LogP contribution in [0.15, 0.2) is 0 Å². The van der Waals surface area contributed by atoms with E-state index in [1.807, 2.05) is 0 Å². The van der Waals surface area contributed by atoms with Crippen molar-refractivity contribution in [3.8, 4) is 0 Å². The maximum absolute atomic E-state index is 9.84. The fraction of sp³-hybridized carbons (Fsp3) is 0.600. The Balaban J connectivity index is 0. The smallest absolute Gasteiger partial charge is 0.0501 e. The Kier molecular flexibility index (Phi) is 6.04. The van der Waals surface area contributed by atoms with E-state index in [-0.39, 0.29) is 18.8 Å². The average Bonchev–Trinajstić information content (AvgIpc) is 1.64. The first kappa shape index (κ1) is 12.0. The Morgan fingerprint density at radius 2 is 1.60 bits per heavy atom. The molecule has 0 aromatic rings. The second-order valence-electron chi connectivity index (χ2n) is 1.60. The van der Waals surface area contributed by atoms with E-state index in [1.165, 1.54) is 6.92 Å². The summed E-state index contributed by atoms with van der Waals surface area (Å²) in [4.78, 5) is 19.7. The van der Waals surface area contributed by atoms with Gasteiger partial charge in [0.15, 0.2) is 0 Å². The third kappa shape index (κ3) is 3.29. The van der Waals surface area contributed by atoms with Crippen molar-refractivity contribution < 1.29 is 32.2 Å². The number of carbonyl (C=O) groups is 2. The quantitative estimate of drug-likeness (QED) is 0.391. The summed E-state index contributed by atoms with van der Waals surface area (Å²) < 4.78 is 0. The van der Waals surface area contributed by atoms with Crippen LogP contribution < -0.4 is 22.6 Å². The predicted molar refractivity (Wildman–Crippen MR) is 23.8 cm³/mol. The van der Waals surface area contributed by atoms with E-state index in [4.69, 9.17) is 0 Å². The molecule has 0 aromatic carbocycles. The molecule has 0 aliphatic heterocycles. The molecular formula is C5H6ClO4-3. The number of hydrogen-bond acceptors (Lipinski definition) is 4. The van der Waals surface area contributed by atoms with Gasteiger partial charge in [0.05, 0.1) is 11.9 Å². The summed E-state index contributed by atoms with van der Waals surface area (Å²) in [5.74, 6) is -4.64. The SMILES string of the molecule is CCC(C(=O)[O-])C(=O)[O-].[Cl-]. The Morgan fingerprint density at radius 3 is 1.60 bits per heavy atom. The highest BCUT2D eigenvalue weighted by Crippen LogP contribution is 1.97. The number of aliphatic carboxylic acids is 2. The van der Waals surface area contributed by atoms with E-state index in [0.29, 0.717) is 0 Å². The average molecular weight is 166 g/mol. The topological polar surface area (TPSA) is 80.3 Å². The van der Waals surface area contributed by atoms with Crippen LogP contribution in [0.25, 0.3) is 0 Å². The van der Waals surface area contributed by atoms with Crippen molar-refractivity contribution in [1.29, 1.82) is 0 Å². The van der Waals surface area contributed by atoms with Crippen LogP contribution in [0.2, 0.25) is 0 Å². The van der Waals surface area contributed by atoms with E-state index < -0.39 is 17.9 Å². The summed E-state index contributed by atoms with van der Waals surface area (Å²) in [6.07, 6.45) is 0.00463. The molecule has 0 saturated carbocycles. The van der Waals surface area contributed by atoms with Crippen LogP contribution in [0.3, 0.4) is 0 Å². The molecule has 0 heterocycles. The maximum Gasteiger partial charge on any atom is 0.0501 e. The summed E-state index contributed by atoms with van der Waals surface area (Å²) in [6, 6.07) is 0. The zero-order valence-electron chi connectivity index (χ0n) is 5.30. The van der Waals surface area contributed by atoms with Crippen molar-refractivity contribution in [1.82, 2.24) is 0 Å². The molecule has 60 valence electrons. The number of carbonyl (C=O) groups excluding carboxylic acids is 2. The Morgan fingerprint density at radius 1 is 1.30 bits per heavy atom. The molecule has 4 nitrogen and oxygen atoms in total. The van der Waals surface area contributed by atoms with Gasteiger partial charge in [0.25, 0.3) is 0 Å². The van der Waals surface area contributed by atoms with Crippen LogP contribution in [0.4, 0.5) is 0 Å². The Bertz CT molecular complexity index is 120. The third-order valence-electron chi connectivity index (χ3n) is 0.977. The van der Waals surface area contributed by atoms with E-state index in [0.717, 1.165) is 0 Å². The van der Waals surface area contributed by atoms with Crippen molar-refractivity contribution in [2.75, 3.05) is 0 Å². The third-order valence-corrected chi connectivity index (χ3v) is 0.977. The number of carboxylic acids is 2. The zero-order chi connectivity index (χ0) is 7.44. The van der Waals surface area contributed by atoms with Gasteiger partial charge < -0.3 is 32.2 Å². The lowest BCUT2D eigenvalue weighted by Crippen LogP contribution is -3.00. The molecule has 0 rings (SSSR count). The standard InChI is InChI=1S/C5H8O4.ClH/c1-2-3(4(6)7)5(8)9;/h3H,2H2,1H3,(H,6,7)(H,8,9);1H/p-3. The van der Waals surface area contributed by atoms with Gasteiger partial charge in [0, 0.05) is 5.92 Å². The van der Waals surface area contributed by atoms with Crippen LogP contribution in [0.5, 0.6) is 0 Å². The van der Waals surface area contributed by atoms with E-state index >= 15 is 0 Å². The molecule has 0 fully saturated rings. The summed E-state index contributed by atoms with van der Waals surface area (Å²) in [5, 5.41) is 19.7. The second-order valence-corrected chi connectivity index (χ2v) is 1.60. The van der Waals surface area contributed by atoms with Gasteiger partial charge in [-0.25, -0.2) is 0 Å². The van der Waals surface area contributed by atoms with Crippen LogP contribution in [0.1, 0.15) is 13.3 Å². The zero-order valence-corrected chi connectivity index (χ0v) is 6.05. The minimum Gasteiger partial charge on any atom is -1.00 e. The maximum atomic E-state index is 9.84. The molecule has 0 aliphatic rings. The molecular weight excluding hydrogens is 160 g/mol. The van der Waals surface area contributed by atoms with E-state index in [2.05, 4.69) is 0 Å². The molecule has 5 heteroatoms. The normalized spacial score (nSPS) is 8.60. The van der Waals surface area contributed by atoms with Gasteiger partial charge in [0.1, 0.15) is 0 Å². The molecule has 0 bridgehead atoms. The number of carboxylic acid groups (broad SMARTS) is 2. The molecule has 0 saturated heterocycles. The monoisotopic (exact) mass is 165 g/mol. The van der Waals surface area contributed by atoms with Crippen molar-refractivity contribution in [3.63, 3.8) is 0 Å². The predicted octanol–water partition coefficient (Wildman–Crippen LogP) is -5.48. The lowest BCUT2D eigenvalue weighted by Gasteiger charge is -2.15. The number of hydrogen-bond donors (Lipinski definition) is 0. The number of halogens is 1. The Labute approximate surface area is 64.3 Å². The summed E-state index contributed by atoms with van der Waals surface area (Å²) in [7, 11) is 0. The highest BCUT2D eigenvalue weighted by molar-refractivity contribution is 5.90. The molecule has 0 amide bonds. The fourth-order valence-electron chi connectivity index (χ4n) is 0.430. The lowest BCUT2D eigenvalue weighted by atomic mass is 10.1. The molecule has 10 heavy (non-hydrogen) atoms.